The predicted molar refractivity (Wildman–Crippen MR) is 155 cm³/mol. The maximum Gasteiger partial charge on any atom is 0.280 e. The highest BCUT2D eigenvalue weighted by molar-refractivity contribution is 7.07. The first kappa shape index (κ1) is 27.8. The van der Waals surface area contributed by atoms with Crippen LogP contribution in [0.4, 0.5) is 5.69 Å². The molecule has 0 saturated carbocycles. The second kappa shape index (κ2) is 11.4. The molecule has 5 rings (SSSR count). The molecule has 1 aliphatic rings. The van der Waals surface area contributed by atoms with E-state index >= 15 is 0 Å². The van der Waals surface area contributed by atoms with Crippen LogP contribution < -0.4 is 19.6 Å². The number of carbonyl (C=O) groups excluding carboxylic acids is 1. The van der Waals surface area contributed by atoms with Crippen molar-refractivity contribution < 1.29 is 18.9 Å². The number of methoxy groups -OCH3 is 1. The van der Waals surface area contributed by atoms with Gasteiger partial charge >= 0.3 is 0 Å². The van der Waals surface area contributed by atoms with Crippen molar-refractivity contribution in [1.29, 1.82) is 0 Å². The number of nitro groups is 1. The zero-order valence-electron chi connectivity index (χ0n) is 23.0. The maximum absolute atomic E-state index is 14.0. The summed E-state index contributed by atoms with van der Waals surface area (Å²) >= 11 is 1.18. The number of likely N-dealkylation sites (N-methyl/N-ethyl adjacent to an activating group) is 1. The number of ether oxygens (including phenoxy) is 1. The van der Waals surface area contributed by atoms with Crippen LogP contribution in [-0.2, 0) is 4.79 Å². The molecule has 1 aliphatic heterocycles. The third-order valence-electron chi connectivity index (χ3n) is 7.00. The van der Waals surface area contributed by atoms with Gasteiger partial charge in [0, 0.05) is 30.8 Å². The van der Waals surface area contributed by atoms with E-state index in [-0.39, 0.29) is 17.2 Å². The van der Waals surface area contributed by atoms with Crippen LogP contribution in [0.2, 0.25) is 0 Å². The number of thiazole rings is 1. The van der Waals surface area contributed by atoms with Crippen LogP contribution in [0.15, 0.2) is 86.1 Å². The van der Waals surface area contributed by atoms with E-state index in [1.807, 2.05) is 32.0 Å². The van der Waals surface area contributed by atoms with Crippen molar-refractivity contribution in [3.63, 3.8) is 0 Å². The number of hydrogen-bond donors (Lipinski definition) is 0. The van der Waals surface area contributed by atoms with Gasteiger partial charge in [-0.15, -0.1) is 0 Å². The molecule has 0 saturated heterocycles. The lowest BCUT2D eigenvalue weighted by Crippen LogP contribution is -2.43. The molecule has 210 valence electrons. The molecule has 0 spiro atoms. The molecule has 0 aliphatic carbocycles. The molecule has 4 aromatic rings. The van der Waals surface area contributed by atoms with Gasteiger partial charge in [0.15, 0.2) is 4.80 Å². The van der Waals surface area contributed by atoms with Gasteiger partial charge < -0.3 is 14.1 Å². The number of amides is 1. The minimum Gasteiger partial charge on any atom is -0.496 e. The normalized spacial score (nSPS) is 14.9. The SMILES string of the molecule is CCN(CC)C(=O)C1=C(C)N=c2s/c(=C/c3ccc(-c4ccccc4[N+](=O)[O-])o3)c(=O)n2[C@@H]1c1ccccc1OC. The lowest BCUT2D eigenvalue weighted by Gasteiger charge is -2.29. The molecule has 0 N–H and O–H groups in total. The van der Waals surface area contributed by atoms with Crippen molar-refractivity contribution in [2.24, 2.45) is 4.99 Å². The van der Waals surface area contributed by atoms with Crippen LogP contribution in [0.3, 0.4) is 0 Å². The van der Waals surface area contributed by atoms with E-state index in [2.05, 4.69) is 4.99 Å². The second-order valence-corrected chi connectivity index (χ2v) is 10.3. The minimum absolute atomic E-state index is 0.0783. The molecule has 3 heterocycles. The molecule has 0 unspecified atom stereocenters. The van der Waals surface area contributed by atoms with Crippen LogP contribution in [-0.4, -0.2) is 40.5 Å². The molecule has 2 aromatic heterocycles. The molecular formula is C30H28N4O6S. The number of nitrogens with zero attached hydrogens (tertiary/aromatic N) is 4. The van der Waals surface area contributed by atoms with Gasteiger partial charge in [0.25, 0.3) is 17.2 Å². The maximum atomic E-state index is 14.0. The first-order chi connectivity index (χ1) is 19.8. The summed E-state index contributed by atoms with van der Waals surface area (Å²) in [6.07, 6.45) is 1.59. The Balaban J connectivity index is 1.67. The third kappa shape index (κ3) is 5.00. The lowest BCUT2D eigenvalue weighted by molar-refractivity contribution is -0.384. The summed E-state index contributed by atoms with van der Waals surface area (Å²) in [5.74, 6) is 1.02. The number of nitro benzene ring substituents is 1. The Morgan fingerprint density at radius 3 is 2.56 bits per heavy atom. The summed E-state index contributed by atoms with van der Waals surface area (Å²) in [4.78, 5) is 45.6. The fourth-order valence-corrected chi connectivity index (χ4v) is 6.04. The smallest absolute Gasteiger partial charge is 0.280 e. The highest BCUT2D eigenvalue weighted by atomic mass is 32.1. The molecule has 41 heavy (non-hydrogen) atoms. The average molecular weight is 573 g/mol. The van der Waals surface area contributed by atoms with E-state index in [4.69, 9.17) is 9.15 Å². The highest BCUT2D eigenvalue weighted by Gasteiger charge is 2.35. The Labute approximate surface area is 239 Å². The fourth-order valence-electron chi connectivity index (χ4n) is 5.01. The zero-order valence-corrected chi connectivity index (χ0v) is 23.8. The Morgan fingerprint density at radius 1 is 1.15 bits per heavy atom. The van der Waals surface area contributed by atoms with Crippen molar-refractivity contribution in [3.8, 4) is 17.1 Å². The molecule has 10 nitrogen and oxygen atoms in total. The van der Waals surface area contributed by atoms with Crippen LogP contribution in [0.5, 0.6) is 5.75 Å². The van der Waals surface area contributed by atoms with E-state index in [1.54, 1.807) is 61.4 Å². The number of furan rings is 1. The summed E-state index contributed by atoms with van der Waals surface area (Å²) in [6.45, 7) is 6.62. The molecule has 0 fully saturated rings. The minimum atomic E-state index is -0.753. The zero-order chi connectivity index (χ0) is 29.3. The van der Waals surface area contributed by atoms with Crippen LogP contribution >= 0.6 is 11.3 Å². The van der Waals surface area contributed by atoms with E-state index in [0.717, 1.165) is 0 Å². The summed E-state index contributed by atoms with van der Waals surface area (Å²) in [5.41, 5.74) is 1.53. The Hall–Kier alpha value is -4.77. The van der Waals surface area contributed by atoms with Crippen LogP contribution in [0.1, 0.15) is 38.1 Å². The molecular weight excluding hydrogens is 544 g/mol. The van der Waals surface area contributed by atoms with E-state index in [9.17, 15) is 19.7 Å². The van der Waals surface area contributed by atoms with Gasteiger partial charge in [-0.2, -0.15) is 0 Å². The van der Waals surface area contributed by atoms with E-state index in [1.165, 1.54) is 22.0 Å². The van der Waals surface area contributed by atoms with Gasteiger partial charge in [-0.25, -0.2) is 4.99 Å². The van der Waals surface area contributed by atoms with Gasteiger partial charge in [0.1, 0.15) is 23.3 Å². The standard InChI is InChI=1S/C30H28N4O6S/c1-5-32(6-2)29(36)26-18(3)31-30-33(27(26)21-12-8-10-14-23(21)39-4)28(35)25(41-30)17-19-15-16-24(40-19)20-11-7-9-13-22(20)34(37)38/h7-17,27H,5-6H2,1-4H3/b25-17+/t27-/m1/s1. The van der Waals surface area contributed by atoms with Crippen LogP contribution in [0.25, 0.3) is 17.4 Å². The first-order valence-electron chi connectivity index (χ1n) is 13.1. The molecule has 0 radical (unpaired) electrons. The summed E-state index contributed by atoms with van der Waals surface area (Å²) < 4.78 is 13.4. The number of rotatable bonds is 8. The quantitative estimate of drug-likeness (QED) is 0.230. The number of aromatic nitrogens is 1. The van der Waals surface area contributed by atoms with Crippen LogP contribution in [0, 0.1) is 10.1 Å². The number of allylic oxidation sites excluding steroid dienone is 1. The van der Waals surface area contributed by atoms with Gasteiger partial charge in [-0.3, -0.25) is 24.3 Å². The largest absolute Gasteiger partial charge is 0.496 e. The summed E-state index contributed by atoms with van der Waals surface area (Å²) in [7, 11) is 1.55. The second-order valence-electron chi connectivity index (χ2n) is 9.28. The van der Waals surface area contributed by atoms with E-state index < -0.39 is 11.0 Å². The predicted octanol–water partition coefficient (Wildman–Crippen LogP) is 4.28. The number of carbonyl (C=O) groups is 1. The van der Waals surface area contributed by atoms with Crippen molar-refractivity contribution in [2.75, 3.05) is 20.2 Å². The Kier molecular flexibility index (Phi) is 7.71. The third-order valence-corrected chi connectivity index (χ3v) is 7.99. The number of fused-ring (bicyclic) bond motifs is 1. The Bertz CT molecular complexity index is 1860. The van der Waals surface area contributed by atoms with Gasteiger partial charge in [-0.05, 0) is 45.0 Å². The molecule has 0 bridgehead atoms. The number of hydrogen-bond acceptors (Lipinski definition) is 8. The number of para-hydroxylation sites is 2. The average Bonchev–Trinajstić information content (AvgIpc) is 3.56. The highest BCUT2D eigenvalue weighted by Crippen LogP contribution is 2.36. The molecule has 11 heteroatoms. The lowest BCUT2D eigenvalue weighted by atomic mass is 9.94. The molecule has 2 aromatic carbocycles. The van der Waals surface area contributed by atoms with Crippen molar-refractivity contribution in [3.05, 3.63) is 113 Å². The van der Waals surface area contributed by atoms with Gasteiger partial charge in [0.2, 0.25) is 0 Å². The fraction of sp³-hybridized carbons (Fsp3) is 0.233. The first-order valence-corrected chi connectivity index (χ1v) is 13.9. The van der Waals surface area contributed by atoms with Crippen molar-refractivity contribution in [1.82, 2.24) is 9.47 Å². The molecule has 1 atom stereocenters. The van der Waals surface area contributed by atoms with Gasteiger partial charge in [-0.1, -0.05) is 41.7 Å². The van der Waals surface area contributed by atoms with E-state index in [0.29, 0.717) is 62.1 Å². The van der Waals surface area contributed by atoms with Crippen molar-refractivity contribution >= 4 is 29.0 Å². The van der Waals surface area contributed by atoms with Gasteiger partial charge in [0.05, 0.1) is 33.4 Å². The summed E-state index contributed by atoms with van der Waals surface area (Å²) in [6, 6.07) is 16.2. The topological polar surface area (TPSA) is 120 Å². The Morgan fingerprint density at radius 2 is 1.85 bits per heavy atom. The van der Waals surface area contributed by atoms with Crippen molar-refractivity contribution in [2.45, 2.75) is 26.8 Å². The summed E-state index contributed by atoms with van der Waals surface area (Å²) in [5, 5.41) is 11.5. The number of benzene rings is 2. The monoisotopic (exact) mass is 572 g/mol. The molecule has 1 amide bonds.